The molecule has 2 atom stereocenters. The number of ether oxygens (including phenoxy) is 3. The monoisotopic (exact) mass is 333 g/mol. The summed E-state index contributed by atoms with van der Waals surface area (Å²) in [4.78, 5) is 4.14. The summed E-state index contributed by atoms with van der Waals surface area (Å²) in [5.41, 5.74) is -0.157. The molecule has 1 aliphatic rings. The molecule has 0 aromatic heterocycles. The molecule has 0 bridgehead atoms. The van der Waals surface area contributed by atoms with E-state index in [0.717, 1.165) is 11.3 Å². The molecule has 0 radical (unpaired) electrons. The fourth-order valence-electron chi connectivity index (χ4n) is 2.71. The average molecular weight is 333 g/mol. The van der Waals surface area contributed by atoms with E-state index in [2.05, 4.69) is 17.6 Å². The SMILES string of the molecule is CCOC1=CC([N+]#N)C(OCC)(c2ccc(OC)cc2)C(S)=C1. The standard InChI is InChI=1S/C17H20N2O3S/c1-4-21-14-10-15(19-18)17(22-5-2,16(23)11-14)12-6-8-13(20-3)9-7-12/h6-11,15H,4-5H2,1-3H3/p+1. The fourth-order valence-corrected chi connectivity index (χ4v) is 3.17. The Kier molecular flexibility index (Phi) is 5.69. The van der Waals surface area contributed by atoms with Crippen LogP contribution in [0.3, 0.4) is 0 Å². The first-order valence-electron chi connectivity index (χ1n) is 7.50. The van der Waals surface area contributed by atoms with Crippen molar-refractivity contribution in [3.8, 4) is 5.75 Å². The van der Waals surface area contributed by atoms with Gasteiger partial charge in [0.25, 0.3) is 0 Å². The van der Waals surface area contributed by atoms with Crippen molar-refractivity contribution in [2.24, 2.45) is 0 Å². The molecule has 5 nitrogen and oxygen atoms in total. The van der Waals surface area contributed by atoms with E-state index in [-0.39, 0.29) is 0 Å². The van der Waals surface area contributed by atoms with Gasteiger partial charge >= 0.3 is 6.04 Å². The van der Waals surface area contributed by atoms with E-state index in [0.29, 0.717) is 23.9 Å². The molecule has 0 fully saturated rings. The van der Waals surface area contributed by atoms with Crippen molar-refractivity contribution >= 4 is 12.6 Å². The predicted octanol–water partition coefficient (Wildman–Crippen LogP) is 3.90. The fraction of sp³-hybridized carbons (Fsp3) is 0.412. The van der Waals surface area contributed by atoms with Gasteiger partial charge in [-0.1, -0.05) is 12.1 Å². The summed E-state index contributed by atoms with van der Waals surface area (Å²) in [5.74, 6) is 1.35. The molecule has 122 valence electrons. The van der Waals surface area contributed by atoms with Crippen LogP contribution in [0.4, 0.5) is 0 Å². The maximum atomic E-state index is 9.58. The van der Waals surface area contributed by atoms with E-state index in [1.54, 1.807) is 19.3 Å². The second kappa shape index (κ2) is 7.53. The van der Waals surface area contributed by atoms with Crippen LogP contribution >= 0.6 is 12.6 Å². The van der Waals surface area contributed by atoms with Gasteiger partial charge in [0.2, 0.25) is 11.0 Å². The third kappa shape index (κ3) is 3.21. The number of thiol groups is 1. The molecule has 0 aliphatic heterocycles. The van der Waals surface area contributed by atoms with E-state index < -0.39 is 11.6 Å². The summed E-state index contributed by atoms with van der Waals surface area (Å²) in [7, 11) is 1.61. The highest BCUT2D eigenvalue weighted by Crippen LogP contribution is 2.45. The maximum absolute atomic E-state index is 9.58. The molecule has 0 heterocycles. The highest BCUT2D eigenvalue weighted by molar-refractivity contribution is 7.84. The van der Waals surface area contributed by atoms with Gasteiger partial charge < -0.3 is 14.2 Å². The van der Waals surface area contributed by atoms with E-state index >= 15 is 0 Å². The lowest BCUT2D eigenvalue weighted by Gasteiger charge is -2.33. The van der Waals surface area contributed by atoms with Gasteiger partial charge in [-0.05, 0) is 37.6 Å². The summed E-state index contributed by atoms with van der Waals surface area (Å²) in [6.45, 7) is 4.74. The quantitative estimate of drug-likeness (QED) is 0.634. The molecule has 0 saturated heterocycles. The van der Waals surface area contributed by atoms with Crippen LogP contribution in [0.5, 0.6) is 5.75 Å². The number of allylic oxidation sites excluding steroid dienone is 1. The zero-order chi connectivity index (χ0) is 16.9. The predicted molar refractivity (Wildman–Crippen MR) is 91.9 cm³/mol. The number of benzene rings is 1. The Labute approximate surface area is 142 Å². The first-order valence-corrected chi connectivity index (χ1v) is 7.95. The summed E-state index contributed by atoms with van der Waals surface area (Å²) in [5, 5.41) is 9.58. The Balaban J connectivity index is 2.54. The molecule has 0 spiro atoms. The number of hydrogen-bond acceptors (Lipinski definition) is 5. The van der Waals surface area contributed by atoms with Crippen LogP contribution in [-0.2, 0) is 15.1 Å². The molecular weight excluding hydrogens is 312 g/mol. The molecular formula is C17H21N2O3S+. The normalized spacial score (nSPS) is 23.5. The summed E-state index contributed by atoms with van der Waals surface area (Å²) in [6, 6.07) is 6.79. The number of hydrogen-bond donors (Lipinski definition) is 1. The highest BCUT2D eigenvalue weighted by atomic mass is 32.1. The topological polar surface area (TPSA) is 55.8 Å². The van der Waals surface area contributed by atoms with Crippen LogP contribution in [-0.4, -0.2) is 26.4 Å². The molecule has 23 heavy (non-hydrogen) atoms. The van der Waals surface area contributed by atoms with Crippen molar-refractivity contribution in [1.29, 1.82) is 5.39 Å². The molecule has 0 N–H and O–H groups in total. The lowest BCUT2D eigenvalue weighted by Crippen LogP contribution is -2.42. The Bertz CT molecular complexity index is 649. The third-order valence-corrected chi connectivity index (χ3v) is 4.19. The van der Waals surface area contributed by atoms with Gasteiger partial charge in [0.05, 0.1) is 19.8 Å². The van der Waals surface area contributed by atoms with Gasteiger partial charge in [-0.25, -0.2) is 0 Å². The number of methoxy groups -OCH3 is 1. The van der Waals surface area contributed by atoms with Crippen molar-refractivity contribution < 1.29 is 14.2 Å². The van der Waals surface area contributed by atoms with Crippen LogP contribution in [0.25, 0.3) is 4.98 Å². The van der Waals surface area contributed by atoms with Gasteiger partial charge in [0.15, 0.2) is 0 Å². The molecule has 0 saturated carbocycles. The Morgan fingerprint density at radius 2 is 1.91 bits per heavy atom. The molecule has 1 aromatic carbocycles. The molecule has 6 heteroatoms. The smallest absolute Gasteiger partial charge is 0.373 e. The average Bonchev–Trinajstić information content (AvgIpc) is 2.57. The van der Waals surface area contributed by atoms with E-state index in [4.69, 9.17) is 14.2 Å². The van der Waals surface area contributed by atoms with Crippen molar-refractivity contribution in [1.82, 2.24) is 0 Å². The number of rotatable bonds is 6. The van der Waals surface area contributed by atoms with Gasteiger partial charge in [-0.2, -0.15) is 0 Å². The minimum absolute atomic E-state index is 0.438. The second-order valence-electron chi connectivity index (χ2n) is 4.99. The third-order valence-electron chi connectivity index (χ3n) is 3.72. The first-order chi connectivity index (χ1) is 11.1. The minimum atomic E-state index is -0.987. The first kappa shape index (κ1) is 17.4. The molecule has 2 unspecified atom stereocenters. The van der Waals surface area contributed by atoms with Crippen molar-refractivity contribution in [2.75, 3.05) is 20.3 Å². The minimum Gasteiger partial charge on any atom is -0.497 e. The Morgan fingerprint density at radius 1 is 1.22 bits per heavy atom. The van der Waals surface area contributed by atoms with Gasteiger partial charge in [0.1, 0.15) is 16.5 Å². The lowest BCUT2D eigenvalue weighted by molar-refractivity contribution is -0.0125. The zero-order valence-corrected chi connectivity index (χ0v) is 14.4. The van der Waals surface area contributed by atoms with E-state index in [9.17, 15) is 5.39 Å². The molecule has 2 rings (SSSR count). The second-order valence-corrected chi connectivity index (χ2v) is 5.47. The van der Waals surface area contributed by atoms with Gasteiger partial charge in [0, 0.05) is 11.5 Å². The molecule has 1 aliphatic carbocycles. The number of diazo groups is 1. The van der Waals surface area contributed by atoms with Crippen molar-refractivity contribution in [3.63, 3.8) is 0 Å². The van der Waals surface area contributed by atoms with Crippen LogP contribution in [0.1, 0.15) is 19.4 Å². The van der Waals surface area contributed by atoms with Crippen molar-refractivity contribution in [3.05, 3.63) is 57.6 Å². The summed E-state index contributed by atoms with van der Waals surface area (Å²) in [6.07, 6.45) is 3.54. The van der Waals surface area contributed by atoms with Crippen molar-refractivity contribution in [2.45, 2.75) is 25.5 Å². The number of nitrogens with zero attached hydrogens (tertiary/aromatic N) is 2. The van der Waals surface area contributed by atoms with E-state index in [1.807, 2.05) is 38.1 Å². The molecule has 0 amide bonds. The van der Waals surface area contributed by atoms with Crippen LogP contribution in [0.2, 0.25) is 0 Å². The molecule has 1 aromatic rings. The summed E-state index contributed by atoms with van der Waals surface area (Å²) < 4.78 is 16.8. The van der Waals surface area contributed by atoms with Crippen LogP contribution in [0, 0.1) is 5.39 Å². The zero-order valence-electron chi connectivity index (χ0n) is 13.5. The lowest BCUT2D eigenvalue weighted by atomic mass is 9.82. The largest absolute Gasteiger partial charge is 0.497 e. The summed E-state index contributed by atoms with van der Waals surface area (Å²) >= 11 is 4.61. The van der Waals surface area contributed by atoms with E-state index in [1.165, 1.54) is 0 Å². The van der Waals surface area contributed by atoms with Crippen LogP contribution < -0.4 is 4.74 Å². The van der Waals surface area contributed by atoms with Gasteiger partial charge in [-0.15, -0.1) is 12.6 Å². The van der Waals surface area contributed by atoms with Crippen LogP contribution in [0.15, 0.2) is 47.1 Å². The van der Waals surface area contributed by atoms with Gasteiger partial charge in [-0.3, -0.25) is 0 Å². The Hall–Kier alpha value is -1.97. The highest BCUT2D eigenvalue weighted by Gasteiger charge is 2.54. The Morgan fingerprint density at radius 3 is 2.43 bits per heavy atom. The maximum Gasteiger partial charge on any atom is 0.373 e.